The van der Waals surface area contributed by atoms with Gasteiger partial charge in [0.2, 0.25) is 0 Å². The Balaban J connectivity index is 2.79. The van der Waals surface area contributed by atoms with E-state index in [2.05, 4.69) is 0 Å². The number of halogens is 4. The highest BCUT2D eigenvalue weighted by Crippen LogP contribution is 2.21. The molecule has 0 aliphatic carbocycles. The van der Waals surface area contributed by atoms with E-state index < -0.39 is 18.2 Å². The number of nitrogens with one attached hydrogen (secondary N) is 1. The third-order valence-corrected chi connectivity index (χ3v) is 3.39. The number of amides is 2. The van der Waals surface area contributed by atoms with Gasteiger partial charge in [-0.3, -0.25) is 0 Å². The molecule has 0 aromatic heterocycles. The highest BCUT2D eigenvalue weighted by Gasteiger charge is 2.37. The van der Waals surface area contributed by atoms with E-state index in [1.807, 2.05) is 5.32 Å². The third-order valence-electron chi connectivity index (χ3n) is 3.02. The molecule has 8 heteroatoms. The van der Waals surface area contributed by atoms with E-state index in [0.717, 1.165) is 6.92 Å². The van der Waals surface area contributed by atoms with Crippen LogP contribution < -0.4 is 5.32 Å². The number of benzene rings is 1. The van der Waals surface area contributed by atoms with Gasteiger partial charge in [0.15, 0.2) is 0 Å². The number of rotatable bonds is 6. The summed E-state index contributed by atoms with van der Waals surface area (Å²) < 4.78 is 37.6. The van der Waals surface area contributed by atoms with E-state index >= 15 is 0 Å². The minimum atomic E-state index is -4.51. The molecule has 0 saturated heterocycles. The molecular formula is C14H18ClF3N2O2. The Morgan fingerprint density at radius 1 is 1.41 bits per heavy atom. The van der Waals surface area contributed by atoms with Gasteiger partial charge < -0.3 is 15.3 Å². The normalized spacial score (nSPS) is 12.8. The Hall–Kier alpha value is -1.47. The molecular weight excluding hydrogens is 321 g/mol. The zero-order valence-corrected chi connectivity index (χ0v) is 12.8. The van der Waals surface area contributed by atoms with E-state index in [1.54, 1.807) is 24.3 Å². The number of carbonyl (C=O) groups excluding carboxylic acids is 1. The molecule has 0 aliphatic rings. The quantitative estimate of drug-likeness (QED) is 0.837. The number of nitrogens with zero attached hydrogens (tertiary/aromatic N) is 1. The standard InChI is InChI=1S/C14H18ClF3N2O2/c1-10(14(16,17)18)19-13(22)20(7-4-8-21)9-11-5-2-3-6-12(11)15/h2-3,5-6,10,21H,4,7-9H2,1H3,(H,19,22)/t10-/m1/s1. The molecule has 2 amide bonds. The zero-order chi connectivity index (χ0) is 16.8. The van der Waals surface area contributed by atoms with Crippen molar-refractivity contribution in [3.8, 4) is 0 Å². The highest BCUT2D eigenvalue weighted by molar-refractivity contribution is 6.31. The second-order valence-corrected chi connectivity index (χ2v) is 5.21. The van der Waals surface area contributed by atoms with Crippen molar-refractivity contribution in [1.82, 2.24) is 10.2 Å². The largest absolute Gasteiger partial charge is 0.408 e. The molecule has 1 aromatic carbocycles. The fourth-order valence-electron chi connectivity index (χ4n) is 1.70. The molecule has 0 aliphatic heterocycles. The second-order valence-electron chi connectivity index (χ2n) is 4.80. The van der Waals surface area contributed by atoms with Crippen LogP contribution in [0.5, 0.6) is 0 Å². The van der Waals surface area contributed by atoms with Gasteiger partial charge in [-0.05, 0) is 25.0 Å². The van der Waals surface area contributed by atoms with E-state index in [1.165, 1.54) is 4.90 Å². The molecule has 4 nitrogen and oxygen atoms in total. The van der Waals surface area contributed by atoms with Gasteiger partial charge >= 0.3 is 12.2 Å². The molecule has 0 radical (unpaired) electrons. The molecule has 1 atom stereocenters. The molecule has 0 saturated carbocycles. The lowest BCUT2D eigenvalue weighted by Gasteiger charge is -2.26. The molecule has 1 aromatic rings. The Morgan fingerprint density at radius 3 is 2.59 bits per heavy atom. The number of aliphatic hydroxyl groups excluding tert-OH is 1. The van der Waals surface area contributed by atoms with Crippen molar-refractivity contribution in [1.29, 1.82) is 0 Å². The summed E-state index contributed by atoms with van der Waals surface area (Å²) in [6.07, 6.45) is -4.25. The van der Waals surface area contributed by atoms with Gasteiger partial charge in [-0.2, -0.15) is 13.2 Å². The van der Waals surface area contributed by atoms with E-state index in [9.17, 15) is 18.0 Å². The lowest BCUT2D eigenvalue weighted by atomic mass is 10.2. The van der Waals surface area contributed by atoms with Crippen molar-refractivity contribution >= 4 is 17.6 Å². The van der Waals surface area contributed by atoms with Crippen molar-refractivity contribution in [3.63, 3.8) is 0 Å². The maximum atomic E-state index is 12.5. The summed E-state index contributed by atoms with van der Waals surface area (Å²) >= 11 is 6.00. The van der Waals surface area contributed by atoms with Crippen molar-refractivity contribution in [3.05, 3.63) is 34.9 Å². The Morgan fingerprint density at radius 2 is 2.05 bits per heavy atom. The lowest BCUT2D eigenvalue weighted by Crippen LogP contribution is -2.49. The highest BCUT2D eigenvalue weighted by atomic mass is 35.5. The van der Waals surface area contributed by atoms with Gasteiger partial charge in [0, 0.05) is 24.7 Å². The minimum Gasteiger partial charge on any atom is -0.396 e. The summed E-state index contributed by atoms with van der Waals surface area (Å²) in [5.74, 6) is 0. The molecule has 0 spiro atoms. The molecule has 124 valence electrons. The first kappa shape index (κ1) is 18.6. The fourth-order valence-corrected chi connectivity index (χ4v) is 1.90. The lowest BCUT2D eigenvalue weighted by molar-refractivity contribution is -0.149. The predicted octanol–water partition coefficient (Wildman–Crippen LogP) is 3.18. The van der Waals surface area contributed by atoms with Crippen molar-refractivity contribution in [2.24, 2.45) is 0 Å². The predicted molar refractivity (Wildman–Crippen MR) is 77.6 cm³/mol. The van der Waals surface area contributed by atoms with Crippen LogP contribution >= 0.6 is 11.6 Å². The Labute approximate surface area is 131 Å². The molecule has 2 N–H and O–H groups in total. The average molecular weight is 339 g/mol. The third kappa shape index (κ3) is 5.73. The zero-order valence-electron chi connectivity index (χ0n) is 12.0. The number of hydrogen-bond acceptors (Lipinski definition) is 2. The van der Waals surface area contributed by atoms with Crippen LogP contribution in [-0.4, -0.2) is 41.4 Å². The fraction of sp³-hybridized carbons (Fsp3) is 0.500. The van der Waals surface area contributed by atoms with Crippen LogP contribution in [0.1, 0.15) is 18.9 Å². The second kappa shape index (κ2) is 8.24. The summed E-state index contributed by atoms with van der Waals surface area (Å²) in [7, 11) is 0. The van der Waals surface area contributed by atoms with Crippen LogP contribution in [-0.2, 0) is 6.54 Å². The van der Waals surface area contributed by atoms with Gasteiger partial charge in [0.05, 0.1) is 0 Å². The van der Waals surface area contributed by atoms with Gasteiger partial charge in [-0.25, -0.2) is 4.79 Å². The smallest absolute Gasteiger partial charge is 0.396 e. The van der Waals surface area contributed by atoms with Gasteiger partial charge in [-0.1, -0.05) is 29.8 Å². The Kier molecular flexibility index (Phi) is 6.96. The van der Waals surface area contributed by atoms with Gasteiger partial charge in [-0.15, -0.1) is 0 Å². The molecule has 0 heterocycles. The first-order chi connectivity index (χ1) is 10.3. The number of urea groups is 1. The number of alkyl halides is 3. The van der Waals surface area contributed by atoms with E-state index in [0.29, 0.717) is 10.6 Å². The summed E-state index contributed by atoms with van der Waals surface area (Å²) in [5.41, 5.74) is 0.622. The van der Waals surface area contributed by atoms with E-state index in [-0.39, 0.29) is 26.1 Å². The van der Waals surface area contributed by atoms with Crippen LogP contribution in [0, 0.1) is 0 Å². The first-order valence-corrected chi connectivity index (χ1v) is 7.10. The van der Waals surface area contributed by atoms with Crippen molar-refractivity contribution in [2.75, 3.05) is 13.2 Å². The van der Waals surface area contributed by atoms with Crippen molar-refractivity contribution < 1.29 is 23.1 Å². The first-order valence-electron chi connectivity index (χ1n) is 6.72. The number of aliphatic hydroxyl groups is 1. The molecule has 0 fully saturated rings. The molecule has 1 rings (SSSR count). The van der Waals surface area contributed by atoms with Crippen molar-refractivity contribution in [2.45, 2.75) is 32.1 Å². The molecule has 0 bridgehead atoms. The SMILES string of the molecule is C[C@@H](NC(=O)N(CCCO)Cc1ccccc1Cl)C(F)(F)F. The van der Waals surface area contributed by atoms with Crippen LogP contribution in [0.4, 0.5) is 18.0 Å². The topological polar surface area (TPSA) is 52.6 Å². The monoisotopic (exact) mass is 338 g/mol. The summed E-state index contributed by atoms with van der Waals surface area (Å²) in [4.78, 5) is 13.2. The number of hydrogen-bond donors (Lipinski definition) is 2. The Bertz CT molecular complexity index is 497. The summed E-state index contributed by atoms with van der Waals surface area (Å²) in [6.45, 7) is 0.896. The molecule has 22 heavy (non-hydrogen) atoms. The van der Waals surface area contributed by atoms with E-state index in [4.69, 9.17) is 16.7 Å². The maximum Gasteiger partial charge on any atom is 0.408 e. The molecule has 0 unspecified atom stereocenters. The summed E-state index contributed by atoms with van der Waals surface area (Å²) in [5, 5.41) is 11.2. The number of carbonyl (C=O) groups is 1. The van der Waals surface area contributed by atoms with Crippen LogP contribution in [0.2, 0.25) is 5.02 Å². The van der Waals surface area contributed by atoms with Crippen LogP contribution in [0.3, 0.4) is 0 Å². The van der Waals surface area contributed by atoms with Gasteiger partial charge in [0.1, 0.15) is 6.04 Å². The average Bonchev–Trinajstić information content (AvgIpc) is 2.44. The van der Waals surface area contributed by atoms with Crippen LogP contribution in [0.15, 0.2) is 24.3 Å². The van der Waals surface area contributed by atoms with Gasteiger partial charge in [0.25, 0.3) is 0 Å². The minimum absolute atomic E-state index is 0.0656. The van der Waals surface area contributed by atoms with Crippen LogP contribution in [0.25, 0.3) is 0 Å². The summed E-state index contributed by atoms with van der Waals surface area (Å²) in [6, 6.07) is 3.96. The maximum absolute atomic E-state index is 12.5.